The van der Waals surface area contributed by atoms with E-state index in [1.54, 1.807) is 12.1 Å². The fraction of sp³-hybridized carbons (Fsp3) is 0.133. The predicted octanol–water partition coefficient (Wildman–Crippen LogP) is 3.78. The second-order valence-electron chi connectivity index (χ2n) is 4.15. The van der Waals surface area contributed by atoms with Crippen LogP contribution in [0.15, 0.2) is 48.5 Å². The van der Waals surface area contributed by atoms with Crippen molar-refractivity contribution in [1.82, 2.24) is 0 Å². The number of hydrogen-bond acceptors (Lipinski definition) is 1. The van der Waals surface area contributed by atoms with Gasteiger partial charge in [-0.15, -0.1) is 0 Å². The zero-order chi connectivity index (χ0) is 13.0. The number of benzene rings is 2. The maximum Gasteiger partial charge on any atom is 0.141 e. The van der Waals surface area contributed by atoms with Gasteiger partial charge in [-0.1, -0.05) is 24.3 Å². The van der Waals surface area contributed by atoms with Crippen LogP contribution in [0.25, 0.3) is 0 Å². The average Bonchev–Trinajstić information content (AvgIpc) is 2.32. The molecule has 0 aliphatic heterocycles. The lowest BCUT2D eigenvalue weighted by atomic mass is 10.0. The van der Waals surface area contributed by atoms with Crippen LogP contribution in [0.3, 0.4) is 0 Å². The summed E-state index contributed by atoms with van der Waals surface area (Å²) in [7, 11) is 0. The summed E-state index contributed by atoms with van der Waals surface area (Å²) in [6.45, 7) is 0. The molecule has 0 spiro atoms. The number of ketones is 1. The van der Waals surface area contributed by atoms with Crippen molar-refractivity contribution in [2.75, 3.05) is 0 Å². The van der Waals surface area contributed by atoms with E-state index in [1.807, 2.05) is 24.3 Å². The zero-order valence-electron chi connectivity index (χ0n) is 9.70. The van der Waals surface area contributed by atoms with Gasteiger partial charge in [-0.25, -0.2) is 4.39 Å². The van der Waals surface area contributed by atoms with Crippen LogP contribution in [0.5, 0.6) is 0 Å². The van der Waals surface area contributed by atoms with Crippen molar-refractivity contribution in [3.8, 4) is 0 Å². The monoisotopic (exact) mass is 354 g/mol. The van der Waals surface area contributed by atoms with Crippen molar-refractivity contribution in [2.24, 2.45) is 0 Å². The van der Waals surface area contributed by atoms with E-state index < -0.39 is 0 Å². The number of carbonyl (C=O) groups excluding carboxylic acids is 1. The van der Waals surface area contributed by atoms with Crippen LogP contribution in [0.2, 0.25) is 0 Å². The molecule has 0 aliphatic carbocycles. The fourth-order valence-corrected chi connectivity index (χ4v) is 2.13. The van der Waals surface area contributed by atoms with E-state index in [0.717, 1.165) is 14.7 Å². The third-order valence-electron chi connectivity index (χ3n) is 2.60. The van der Waals surface area contributed by atoms with Crippen molar-refractivity contribution in [1.29, 1.82) is 0 Å². The minimum Gasteiger partial charge on any atom is -0.299 e. The Balaban J connectivity index is 1.98. The number of halogens is 2. The molecule has 0 atom stereocenters. The van der Waals surface area contributed by atoms with Crippen LogP contribution in [0.1, 0.15) is 11.1 Å². The Morgan fingerprint density at radius 1 is 1.00 bits per heavy atom. The first-order chi connectivity index (χ1) is 8.63. The highest BCUT2D eigenvalue weighted by atomic mass is 127. The zero-order valence-corrected chi connectivity index (χ0v) is 11.9. The molecule has 0 saturated carbocycles. The molecule has 92 valence electrons. The van der Waals surface area contributed by atoms with E-state index in [2.05, 4.69) is 22.6 Å². The summed E-state index contributed by atoms with van der Waals surface area (Å²) in [4.78, 5) is 11.9. The minimum absolute atomic E-state index is 0.0989. The second-order valence-corrected chi connectivity index (χ2v) is 5.39. The molecule has 0 amide bonds. The van der Waals surface area contributed by atoms with Crippen LogP contribution in [0, 0.1) is 9.39 Å². The summed E-state index contributed by atoms with van der Waals surface area (Å²) in [6.07, 6.45) is 0.678. The largest absolute Gasteiger partial charge is 0.299 e. The summed E-state index contributed by atoms with van der Waals surface area (Å²) < 4.78 is 14.1. The fourth-order valence-electron chi connectivity index (χ4n) is 1.77. The standard InChI is InChI=1S/C15H12FIO/c16-13-3-1-2-12(8-13)10-15(18)9-11-4-6-14(17)7-5-11/h1-8H,9-10H2. The normalized spacial score (nSPS) is 10.3. The summed E-state index contributed by atoms with van der Waals surface area (Å²) >= 11 is 2.23. The van der Waals surface area contributed by atoms with Crippen molar-refractivity contribution >= 4 is 28.4 Å². The SMILES string of the molecule is O=C(Cc1ccc(I)cc1)Cc1cccc(F)c1. The molecule has 1 nitrogen and oxygen atoms in total. The van der Waals surface area contributed by atoms with Gasteiger partial charge < -0.3 is 0 Å². The Labute approximate surface area is 119 Å². The van der Waals surface area contributed by atoms with Gasteiger partial charge in [-0.2, -0.15) is 0 Å². The van der Waals surface area contributed by atoms with Crippen LogP contribution in [0.4, 0.5) is 4.39 Å². The Morgan fingerprint density at radius 3 is 2.33 bits per heavy atom. The summed E-state index contributed by atoms with van der Waals surface area (Å²) in [5.74, 6) is -0.198. The predicted molar refractivity (Wildman–Crippen MR) is 78.0 cm³/mol. The lowest BCUT2D eigenvalue weighted by molar-refractivity contribution is -0.117. The lowest BCUT2D eigenvalue weighted by Gasteiger charge is -2.02. The molecule has 2 aromatic rings. The van der Waals surface area contributed by atoms with E-state index in [4.69, 9.17) is 0 Å². The van der Waals surface area contributed by atoms with E-state index in [0.29, 0.717) is 6.42 Å². The highest BCUT2D eigenvalue weighted by Crippen LogP contribution is 2.10. The van der Waals surface area contributed by atoms with Gasteiger partial charge in [-0.3, -0.25) is 4.79 Å². The van der Waals surface area contributed by atoms with Gasteiger partial charge in [0.05, 0.1) is 0 Å². The second kappa shape index (κ2) is 6.09. The Morgan fingerprint density at radius 2 is 1.67 bits per heavy atom. The van der Waals surface area contributed by atoms with Gasteiger partial charge in [0, 0.05) is 16.4 Å². The van der Waals surface area contributed by atoms with Crippen molar-refractivity contribution in [2.45, 2.75) is 12.8 Å². The molecule has 18 heavy (non-hydrogen) atoms. The first kappa shape index (κ1) is 13.2. The highest BCUT2D eigenvalue weighted by Gasteiger charge is 2.06. The van der Waals surface area contributed by atoms with Crippen LogP contribution in [-0.2, 0) is 17.6 Å². The van der Waals surface area contributed by atoms with E-state index in [1.165, 1.54) is 12.1 Å². The molecule has 0 aromatic heterocycles. The first-order valence-corrected chi connectivity index (χ1v) is 6.72. The summed E-state index contributed by atoms with van der Waals surface area (Å²) in [6, 6.07) is 14.0. The van der Waals surface area contributed by atoms with Crippen LogP contribution >= 0.6 is 22.6 Å². The molecule has 3 heteroatoms. The number of carbonyl (C=O) groups is 1. The van der Waals surface area contributed by atoms with Crippen molar-refractivity contribution in [3.63, 3.8) is 0 Å². The smallest absolute Gasteiger partial charge is 0.141 e. The van der Waals surface area contributed by atoms with Gasteiger partial charge in [0.1, 0.15) is 11.6 Å². The summed E-state index contributed by atoms with van der Waals surface area (Å²) in [5.41, 5.74) is 1.72. The van der Waals surface area contributed by atoms with E-state index in [9.17, 15) is 9.18 Å². The van der Waals surface area contributed by atoms with Gasteiger partial charge in [-0.05, 0) is 58.0 Å². The molecule has 2 aromatic carbocycles. The topological polar surface area (TPSA) is 17.1 Å². The molecular formula is C15H12FIO. The first-order valence-electron chi connectivity index (χ1n) is 5.64. The van der Waals surface area contributed by atoms with E-state index >= 15 is 0 Å². The molecule has 0 unspecified atom stereocenters. The average molecular weight is 354 g/mol. The molecule has 0 fully saturated rings. The Hall–Kier alpha value is -1.23. The minimum atomic E-state index is -0.297. The van der Waals surface area contributed by atoms with Gasteiger partial charge in [0.15, 0.2) is 0 Å². The molecular weight excluding hydrogens is 342 g/mol. The number of rotatable bonds is 4. The lowest BCUT2D eigenvalue weighted by Crippen LogP contribution is -2.06. The molecule has 0 N–H and O–H groups in total. The Kier molecular flexibility index (Phi) is 4.47. The number of Topliss-reactive ketones (excluding diaryl/α,β-unsaturated/α-hetero) is 1. The molecule has 0 aliphatic rings. The van der Waals surface area contributed by atoms with Gasteiger partial charge in [0.25, 0.3) is 0 Å². The third-order valence-corrected chi connectivity index (χ3v) is 3.32. The summed E-state index contributed by atoms with van der Waals surface area (Å²) in [5, 5.41) is 0. The molecule has 0 saturated heterocycles. The van der Waals surface area contributed by atoms with Gasteiger partial charge in [0.2, 0.25) is 0 Å². The van der Waals surface area contributed by atoms with Crippen LogP contribution < -0.4 is 0 Å². The maximum absolute atomic E-state index is 13.0. The molecule has 0 radical (unpaired) electrons. The quantitative estimate of drug-likeness (QED) is 0.764. The Bertz CT molecular complexity index is 549. The van der Waals surface area contributed by atoms with Crippen molar-refractivity contribution in [3.05, 3.63) is 69.0 Å². The van der Waals surface area contributed by atoms with Crippen LogP contribution in [-0.4, -0.2) is 5.78 Å². The molecule has 2 rings (SSSR count). The number of hydrogen-bond donors (Lipinski definition) is 0. The van der Waals surface area contributed by atoms with Gasteiger partial charge >= 0.3 is 0 Å². The third kappa shape index (κ3) is 3.91. The maximum atomic E-state index is 13.0. The molecule has 0 bridgehead atoms. The highest BCUT2D eigenvalue weighted by molar-refractivity contribution is 14.1. The van der Waals surface area contributed by atoms with E-state index in [-0.39, 0.29) is 18.0 Å². The molecule has 0 heterocycles. The van der Waals surface area contributed by atoms with Crippen molar-refractivity contribution < 1.29 is 9.18 Å².